The van der Waals surface area contributed by atoms with Gasteiger partial charge in [-0.2, -0.15) is 10.2 Å². The topological polar surface area (TPSA) is 68.5 Å². The predicted octanol–water partition coefficient (Wildman–Crippen LogP) is 2.48. The summed E-state index contributed by atoms with van der Waals surface area (Å²) in [6.07, 6.45) is 0. The Kier molecular flexibility index (Phi) is 4.72. The third-order valence-electron chi connectivity index (χ3n) is 2.94. The lowest BCUT2D eigenvalue weighted by Crippen LogP contribution is -2.25. The lowest BCUT2D eigenvalue weighted by atomic mass is 10.2. The highest BCUT2D eigenvalue weighted by atomic mass is 32.1. The summed E-state index contributed by atoms with van der Waals surface area (Å²) in [5.74, 6) is 1.46. The molecule has 0 saturated carbocycles. The lowest BCUT2D eigenvalue weighted by Gasteiger charge is -2.11. The van der Waals surface area contributed by atoms with Crippen LogP contribution in [0.25, 0.3) is 11.5 Å². The molecule has 0 aliphatic carbocycles. The van der Waals surface area contributed by atoms with Gasteiger partial charge in [0.05, 0.1) is 0 Å². The summed E-state index contributed by atoms with van der Waals surface area (Å²) < 4.78 is 3.98. The van der Waals surface area contributed by atoms with Crippen molar-refractivity contribution in [3.8, 4) is 11.5 Å². The van der Waals surface area contributed by atoms with Crippen molar-refractivity contribution in [2.24, 2.45) is 11.8 Å². The highest BCUT2D eigenvalue weighted by Crippen LogP contribution is 2.15. The standard InChI is InChI=1S/C14H21N5OS/c1-9(2)7-18-13(15-16-14(18)21)11-5-6-12(20)19(17-11)8-10(3)4/h5-6,9-10H,7-8H2,1-4H3,(H,16,21). The number of hydrogen-bond acceptors (Lipinski definition) is 4. The summed E-state index contributed by atoms with van der Waals surface area (Å²) >= 11 is 5.27. The number of nitrogens with zero attached hydrogens (tertiary/aromatic N) is 4. The molecule has 2 rings (SSSR count). The molecule has 7 heteroatoms. The monoisotopic (exact) mass is 307 g/mol. The quantitative estimate of drug-likeness (QED) is 0.862. The van der Waals surface area contributed by atoms with E-state index < -0.39 is 0 Å². The van der Waals surface area contributed by atoms with Gasteiger partial charge in [0.2, 0.25) is 0 Å². The van der Waals surface area contributed by atoms with Gasteiger partial charge in [-0.05, 0) is 30.1 Å². The lowest BCUT2D eigenvalue weighted by molar-refractivity contribution is 0.463. The molecule has 0 saturated heterocycles. The number of rotatable bonds is 5. The first kappa shape index (κ1) is 15.6. The summed E-state index contributed by atoms with van der Waals surface area (Å²) in [6.45, 7) is 9.68. The first-order chi connectivity index (χ1) is 9.88. The van der Waals surface area contributed by atoms with Gasteiger partial charge in [-0.15, -0.1) is 0 Å². The minimum absolute atomic E-state index is 0.100. The molecular formula is C14H21N5OS. The molecule has 0 aliphatic heterocycles. The first-order valence-electron chi connectivity index (χ1n) is 7.12. The van der Waals surface area contributed by atoms with E-state index in [0.717, 1.165) is 6.54 Å². The molecular weight excluding hydrogens is 286 g/mol. The number of hydrogen-bond donors (Lipinski definition) is 1. The van der Waals surface area contributed by atoms with E-state index in [2.05, 4.69) is 43.0 Å². The van der Waals surface area contributed by atoms with Crippen LogP contribution in [0.2, 0.25) is 0 Å². The molecule has 114 valence electrons. The molecule has 1 N–H and O–H groups in total. The molecule has 0 atom stereocenters. The molecule has 2 aromatic rings. The Morgan fingerprint density at radius 1 is 1.19 bits per heavy atom. The molecule has 6 nitrogen and oxygen atoms in total. The van der Waals surface area contributed by atoms with Crippen LogP contribution in [0.15, 0.2) is 16.9 Å². The highest BCUT2D eigenvalue weighted by molar-refractivity contribution is 7.71. The summed E-state index contributed by atoms with van der Waals surface area (Å²) in [5, 5.41) is 11.5. The van der Waals surface area contributed by atoms with Gasteiger partial charge in [-0.1, -0.05) is 27.7 Å². The molecule has 0 amide bonds. The van der Waals surface area contributed by atoms with Gasteiger partial charge in [-0.25, -0.2) is 4.68 Å². The van der Waals surface area contributed by atoms with Gasteiger partial charge < -0.3 is 0 Å². The van der Waals surface area contributed by atoms with Crippen molar-refractivity contribution >= 4 is 12.2 Å². The second-order valence-electron chi connectivity index (χ2n) is 5.99. The molecule has 0 fully saturated rings. The van der Waals surface area contributed by atoms with E-state index in [0.29, 0.717) is 34.7 Å². The fraction of sp³-hybridized carbons (Fsp3) is 0.571. The maximum absolute atomic E-state index is 11.9. The van der Waals surface area contributed by atoms with Crippen molar-refractivity contribution in [3.05, 3.63) is 27.3 Å². The van der Waals surface area contributed by atoms with Crippen LogP contribution in [0.5, 0.6) is 0 Å². The van der Waals surface area contributed by atoms with Crippen LogP contribution >= 0.6 is 12.2 Å². The maximum atomic E-state index is 11.9. The molecule has 0 radical (unpaired) electrons. The van der Waals surface area contributed by atoms with Gasteiger partial charge in [0.1, 0.15) is 5.69 Å². The maximum Gasteiger partial charge on any atom is 0.266 e. The van der Waals surface area contributed by atoms with Crippen molar-refractivity contribution < 1.29 is 0 Å². The fourth-order valence-electron chi connectivity index (χ4n) is 2.09. The molecule has 0 aromatic carbocycles. The number of H-pyrrole nitrogens is 1. The minimum Gasteiger partial charge on any atom is -0.299 e. The number of aromatic amines is 1. The predicted molar refractivity (Wildman–Crippen MR) is 84.6 cm³/mol. The highest BCUT2D eigenvalue weighted by Gasteiger charge is 2.13. The van der Waals surface area contributed by atoms with E-state index >= 15 is 0 Å². The van der Waals surface area contributed by atoms with Gasteiger partial charge in [-0.3, -0.25) is 14.5 Å². The Balaban J connectivity index is 2.48. The number of aromatic nitrogens is 5. The second-order valence-corrected chi connectivity index (χ2v) is 6.38. The van der Waals surface area contributed by atoms with E-state index in [4.69, 9.17) is 12.2 Å². The van der Waals surface area contributed by atoms with E-state index in [1.807, 2.05) is 4.57 Å². The van der Waals surface area contributed by atoms with E-state index in [-0.39, 0.29) is 5.56 Å². The van der Waals surface area contributed by atoms with Gasteiger partial charge >= 0.3 is 0 Å². The summed E-state index contributed by atoms with van der Waals surface area (Å²) in [4.78, 5) is 11.9. The van der Waals surface area contributed by atoms with Crippen molar-refractivity contribution in [3.63, 3.8) is 0 Å². The first-order valence-corrected chi connectivity index (χ1v) is 7.53. The SMILES string of the molecule is CC(C)Cn1nc(-c2n[nH]c(=S)n2CC(C)C)ccc1=O. The van der Waals surface area contributed by atoms with Crippen LogP contribution in [0, 0.1) is 16.6 Å². The van der Waals surface area contributed by atoms with Crippen LogP contribution in [0.1, 0.15) is 27.7 Å². The molecule has 0 spiro atoms. The van der Waals surface area contributed by atoms with Crippen LogP contribution in [0.4, 0.5) is 0 Å². The summed E-state index contributed by atoms with van der Waals surface area (Å²) in [7, 11) is 0. The van der Waals surface area contributed by atoms with Gasteiger partial charge in [0, 0.05) is 19.2 Å². The Bertz CT molecular complexity index is 725. The molecule has 2 aromatic heterocycles. The van der Waals surface area contributed by atoms with E-state index in [9.17, 15) is 4.79 Å². The molecule has 21 heavy (non-hydrogen) atoms. The fourth-order valence-corrected chi connectivity index (χ4v) is 2.30. The zero-order chi connectivity index (χ0) is 15.6. The Morgan fingerprint density at radius 3 is 2.48 bits per heavy atom. The molecule has 2 heterocycles. The van der Waals surface area contributed by atoms with E-state index in [1.54, 1.807) is 6.07 Å². The van der Waals surface area contributed by atoms with Crippen LogP contribution in [-0.2, 0) is 13.1 Å². The Morgan fingerprint density at radius 2 is 1.86 bits per heavy atom. The van der Waals surface area contributed by atoms with Crippen molar-refractivity contribution in [1.29, 1.82) is 0 Å². The third-order valence-corrected chi connectivity index (χ3v) is 3.25. The second kappa shape index (κ2) is 6.34. The van der Waals surface area contributed by atoms with Crippen LogP contribution in [0.3, 0.4) is 0 Å². The van der Waals surface area contributed by atoms with Crippen LogP contribution < -0.4 is 5.56 Å². The zero-order valence-corrected chi connectivity index (χ0v) is 13.6. The van der Waals surface area contributed by atoms with Gasteiger partial charge in [0.25, 0.3) is 5.56 Å². The normalized spacial score (nSPS) is 11.5. The molecule has 0 unspecified atom stereocenters. The summed E-state index contributed by atoms with van der Waals surface area (Å²) in [5.41, 5.74) is 0.556. The Hall–Kier alpha value is -1.76. The van der Waals surface area contributed by atoms with Crippen molar-refractivity contribution in [2.45, 2.75) is 40.8 Å². The van der Waals surface area contributed by atoms with Gasteiger partial charge in [0.15, 0.2) is 10.6 Å². The summed E-state index contributed by atoms with van der Waals surface area (Å²) in [6, 6.07) is 3.23. The Labute approximate surface area is 128 Å². The minimum atomic E-state index is -0.100. The third kappa shape index (κ3) is 3.66. The zero-order valence-electron chi connectivity index (χ0n) is 12.8. The smallest absolute Gasteiger partial charge is 0.266 e. The van der Waals surface area contributed by atoms with E-state index in [1.165, 1.54) is 10.7 Å². The largest absolute Gasteiger partial charge is 0.299 e. The van der Waals surface area contributed by atoms with Crippen molar-refractivity contribution in [2.75, 3.05) is 0 Å². The average molecular weight is 307 g/mol. The molecule has 0 aliphatic rings. The van der Waals surface area contributed by atoms with Crippen LogP contribution in [-0.4, -0.2) is 24.5 Å². The average Bonchev–Trinajstić information content (AvgIpc) is 2.73. The van der Waals surface area contributed by atoms with Crippen molar-refractivity contribution in [1.82, 2.24) is 24.5 Å². The number of nitrogens with one attached hydrogen (secondary N) is 1. The molecule has 0 bridgehead atoms.